The van der Waals surface area contributed by atoms with E-state index in [0.29, 0.717) is 11.4 Å². The van der Waals surface area contributed by atoms with E-state index in [1.54, 1.807) is 13.0 Å². The monoisotopic (exact) mass is 230 g/mol. The van der Waals surface area contributed by atoms with Gasteiger partial charge in [0.05, 0.1) is 5.38 Å². The third-order valence-electron chi connectivity index (χ3n) is 2.07. The van der Waals surface area contributed by atoms with Crippen LogP contribution in [0, 0.1) is 6.92 Å². The first-order valence-electron chi connectivity index (χ1n) is 4.40. The number of Topliss-reactive ketones (excluding diaryl/α,β-unsaturated/α-hetero) is 1. The predicted molar refractivity (Wildman–Crippen MR) is 60.4 cm³/mol. The third-order valence-corrected chi connectivity index (χ3v) is 2.58. The maximum Gasteiger partial charge on any atom is 0.180 e. The van der Waals surface area contributed by atoms with Gasteiger partial charge in [-0.3, -0.25) is 4.79 Å². The number of carbonyl (C=O) groups excluding carboxylic acids is 1. The molecule has 1 atom stereocenters. The summed E-state index contributed by atoms with van der Waals surface area (Å²) in [5.74, 6) is 0.427. The van der Waals surface area contributed by atoms with E-state index in [2.05, 4.69) is 0 Å². The maximum absolute atomic E-state index is 11.6. The number of carbonyl (C=O) groups is 1. The molecule has 1 unspecified atom stereocenters. The number of hydrogen-bond donors (Lipinski definition) is 0. The lowest BCUT2D eigenvalue weighted by molar-refractivity contribution is 0.0991. The van der Waals surface area contributed by atoms with Crippen molar-refractivity contribution in [2.75, 3.05) is 0 Å². The lowest BCUT2D eigenvalue weighted by Gasteiger charge is -2.07. The molecule has 0 bridgehead atoms. The zero-order chi connectivity index (χ0) is 10.7. The normalized spacial score (nSPS) is 12.6. The Balaban J connectivity index is 3.06. The fourth-order valence-electron chi connectivity index (χ4n) is 1.30. The number of halogens is 2. The number of aryl methyl sites for hydroxylation is 1. The average molecular weight is 231 g/mol. The summed E-state index contributed by atoms with van der Waals surface area (Å²) in [5, 5.41) is -0.476. The van der Waals surface area contributed by atoms with Crippen molar-refractivity contribution < 1.29 is 4.79 Å². The first-order valence-corrected chi connectivity index (χ1v) is 5.37. The van der Waals surface area contributed by atoms with E-state index in [9.17, 15) is 4.79 Å². The van der Waals surface area contributed by atoms with Crippen molar-refractivity contribution in [1.29, 1.82) is 0 Å². The molecule has 0 spiro atoms. The van der Waals surface area contributed by atoms with E-state index in [1.165, 1.54) is 0 Å². The van der Waals surface area contributed by atoms with Gasteiger partial charge in [-0.15, -0.1) is 23.2 Å². The third kappa shape index (κ3) is 2.49. The fraction of sp³-hybridized carbons (Fsp3) is 0.364. The van der Waals surface area contributed by atoms with E-state index in [-0.39, 0.29) is 5.78 Å². The Morgan fingerprint density at radius 2 is 2.14 bits per heavy atom. The summed E-state index contributed by atoms with van der Waals surface area (Å²) in [6.07, 6.45) is 0. The predicted octanol–water partition coefficient (Wildman–Crippen LogP) is 3.54. The number of ketones is 1. The van der Waals surface area contributed by atoms with Crippen LogP contribution in [0.1, 0.15) is 28.4 Å². The zero-order valence-electron chi connectivity index (χ0n) is 8.18. The smallest absolute Gasteiger partial charge is 0.180 e. The van der Waals surface area contributed by atoms with E-state index in [0.717, 1.165) is 11.1 Å². The van der Waals surface area contributed by atoms with Crippen LogP contribution >= 0.6 is 23.2 Å². The quantitative estimate of drug-likeness (QED) is 0.574. The Bertz CT molecular complexity index is 345. The largest absolute Gasteiger partial charge is 0.293 e. The van der Waals surface area contributed by atoms with Crippen LogP contribution < -0.4 is 0 Å². The van der Waals surface area contributed by atoms with E-state index in [1.807, 2.05) is 19.1 Å². The summed E-state index contributed by atoms with van der Waals surface area (Å²) in [6, 6.07) is 5.56. The fourth-order valence-corrected chi connectivity index (χ4v) is 1.58. The van der Waals surface area contributed by atoms with E-state index in [4.69, 9.17) is 23.2 Å². The SMILES string of the molecule is Cc1cc(CCl)ccc1C(=O)C(C)Cl. The highest BCUT2D eigenvalue weighted by Gasteiger charge is 2.14. The average Bonchev–Trinajstić information content (AvgIpc) is 2.16. The standard InChI is InChI=1S/C11H12Cl2O/c1-7-5-9(6-12)3-4-10(7)11(14)8(2)13/h3-5,8H,6H2,1-2H3. The molecule has 14 heavy (non-hydrogen) atoms. The van der Waals surface area contributed by atoms with Crippen molar-refractivity contribution in [2.24, 2.45) is 0 Å². The van der Waals surface area contributed by atoms with Gasteiger partial charge in [-0.1, -0.05) is 18.2 Å². The molecular weight excluding hydrogens is 219 g/mol. The van der Waals surface area contributed by atoms with Crippen molar-refractivity contribution in [2.45, 2.75) is 25.1 Å². The minimum atomic E-state index is -0.476. The second kappa shape index (κ2) is 4.81. The molecule has 0 heterocycles. The number of rotatable bonds is 3. The van der Waals surface area contributed by atoms with Gasteiger partial charge < -0.3 is 0 Å². The molecule has 0 aliphatic rings. The Labute approximate surface area is 94.0 Å². The number of benzene rings is 1. The summed E-state index contributed by atoms with van der Waals surface area (Å²) in [4.78, 5) is 11.6. The van der Waals surface area contributed by atoms with Crippen LogP contribution in [0.2, 0.25) is 0 Å². The van der Waals surface area contributed by atoms with Crippen LogP contribution in [-0.2, 0) is 5.88 Å². The van der Waals surface area contributed by atoms with Gasteiger partial charge in [-0.05, 0) is 25.0 Å². The van der Waals surface area contributed by atoms with Crippen molar-refractivity contribution in [1.82, 2.24) is 0 Å². The molecule has 0 saturated carbocycles. The highest BCUT2D eigenvalue weighted by atomic mass is 35.5. The molecule has 0 radical (unpaired) electrons. The van der Waals surface area contributed by atoms with Crippen molar-refractivity contribution in [3.8, 4) is 0 Å². The Kier molecular flexibility index (Phi) is 3.97. The number of alkyl halides is 2. The minimum Gasteiger partial charge on any atom is -0.293 e. The first kappa shape index (κ1) is 11.5. The minimum absolute atomic E-state index is 0.0368. The Hall–Kier alpha value is -0.530. The lowest BCUT2D eigenvalue weighted by Crippen LogP contribution is -2.12. The second-order valence-electron chi connectivity index (χ2n) is 3.26. The molecule has 1 aromatic rings. The van der Waals surface area contributed by atoms with Crippen LogP contribution in [-0.4, -0.2) is 11.2 Å². The van der Waals surface area contributed by atoms with Gasteiger partial charge in [0.1, 0.15) is 0 Å². The van der Waals surface area contributed by atoms with Gasteiger partial charge >= 0.3 is 0 Å². The van der Waals surface area contributed by atoms with Gasteiger partial charge in [0.25, 0.3) is 0 Å². The molecule has 0 saturated heterocycles. The molecule has 76 valence electrons. The zero-order valence-corrected chi connectivity index (χ0v) is 9.69. The highest BCUT2D eigenvalue weighted by Crippen LogP contribution is 2.16. The summed E-state index contributed by atoms with van der Waals surface area (Å²) < 4.78 is 0. The Morgan fingerprint density at radius 1 is 1.50 bits per heavy atom. The summed E-state index contributed by atoms with van der Waals surface area (Å²) in [5.41, 5.74) is 2.63. The van der Waals surface area contributed by atoms with Crippen molar-refractivity contribution in [3.05, 3.63) is 34.9 Å². The van der Waals surface area contributed by atoms with Crippen LogP contribution in [0.3, 0.4) is 0 Å². The van der Waals surface area contributed by atoms with Crippen LogP contribution in [0.25, 0.3) is 0 Å². The van der Waals surface area contributed by atoms with Crippen LogP contribution in [0.5, 0.6) is 0 Å². The topological polar surface area (TPSA) is 17.1 Å². The maximum atomic E-state index is 11.6. The van der Waals surface area contributed by atoms with E-state index >= 15 is 0 Å². The molecule has 0 aromatic heterocycles. The summed E-state index contributed by atoms with van der Waals surface area (Å²) in [7, 11) is 0. The molecule has 1 nitrogen and oxygen atoms in total. The van der Waals surface area contributed by atoms with Gasteiger partial charge in [0.2, 0.25) is 0 Å². The molecule has 0 fully saturated rings. The van der Waals surface area contributed by atoms with E-state index < -0.39 is 5.38 Å². The molecule has 1 rings (SSSR count). The first-order chi connectivity index (χ1) is 6.56. The molecule has 1 aromatic carbocycles. The van der Waals surface area contributed by atoms with Gasteiger partial charge in [0.15, 0.2) is 5.78 Å². The number of hydrogen-bond acceptors (Lipinski definition) is 1. The van der Waals surface area contributed by atoms with Crippen molar-refractivity contribution >= 4 is 29.0 Å². The van der Waals surface area contributed by atoms with Gasteiger partial charge in [0, 0.05) is 11.4 Å². The molecular formula is C11H12Cl2O. The van der Waals surface area contributed by atoms with Crippen molar-refractivity contribution in [3.63, 3.8) is 0 Å². The summed E-state index contributed by atoms with van der Waals surface area (Å²) in [6.45, 7) is 3.57. The molecule has 0 aliphatic heterocycles. The molecule has 0 amide bonds. The van der Waals surface area contributed by atoms with Crippen LogP contribution in [0.15, 0.2) is 18.2 Å². The Morgan fingerprint density at radius 3 is 2.57 bits per heavy atom. The summed E-state index contributed by atoms with van der Waals surface area (Å²) >= 11 is 11.4. The highest BCUT2D eigenvalue weighted by molar-refractivity contribution is 6.33. The van der Waals surface area contributed by atoms with Crippen LogP contribution in [0.4, 0.5) is 0 Å². The lowest BCUT2D eigenvalue weighted by atomic mass is 10.0. The van der Waals surface area contributed by atoms with Gasteiger partial charge in [-0.25, -0.2) is 0 Å². The molecule has 0 aliphatic carbocycles. The second-order valence-corrected chi connectivity index (χ2v) is 4.19. The van der Waals surface area contributed by atoms with Gasteiger partial charge in [-0.2, -0.15) is 0 Å². The molecule has 3 heteroatoms. The molecule has 0 N–H and O–H groups in total.